The van der Waals surface area contributed by atoms with Crippen molar-refractivity contribution < 1.29 is 4.42 Å². The summed E-state index contributed by atoms with van der Waals surface area (Å²) >= 11 is 5.91. The van der Waals surface area contributed by atoms with Gasteiger partial charge in [-0.3, -0.25) is 4.90 Å². The smallest absolute Gasteiger partial charge is 0.247 e. The minimum atomic E-state index is 0.445. The van der Waals surface area contributed by atoms with Crippen molar-refractivity contribution in [3.05, 3.63) is 65.5 Å². The second-order valence-electron chi connectivity index (χ2n) is 6.24. The number of hydrogen-bond donors (Lipinski definition) is 1. The highest BCUT2D eigenvalue weighted by Crippen LogP contribution is 2.22. The lowest BCUT2D eigenvalue weighted by atomic mass is 10.2. The van der Waals surface area contributed by atoms with Crippen LogP contribution in [-0.4, -0.2) is 34.2 Å². The number of para-hydroxylation sites is 1. The van der Waals surface area contributed by atoms with Gasteiger partial charge in [0.2, 0.25) is 11.8 Å². The predicted molar refractivity (Wildman–Crippen MR) is 98.5 cm³/mol. The molecule has 1 fully saturated rings. The van der Waals surface area contributed by atoms with E-state index in [4.69, 9.17) is 16.0 Å². The fraction of sp³-hybridized carbons (Fsp3) is 0.263. The molecule has 1 saturated heterocycles. The Morgan fingerprint density at radius 2 is 1.88 bits per heavy atom. The molecule has 1 N–H and O–H groups in total. The van der Waals surface area contributed by atoms with E-state index in [0.717, 1.165) is 30.8 Å². The molecule has 0 radical (unpaired) electrons. The van der Waals surface area contributed by atoms with Gasteiger partial charge in [0.25, 0.3) is 0 Å². The van der Waals surface area contributed by atoms with Gasteiger partial charge in [0.1, 0.15) is 0 Å². The standard InChI is InChI=1S/C19H19ClN4O/c20-15-8-6-14(7-9-15)19-23-22-18(25-19)13-24-11-10-17(12-24)21-16-4-2-1-3-5-16/h1-9,17,21H,10-13H2. The Hall–Kier alpha value is -2.37. The number of benzene rings is 2. The lowest BCUT2D eigenvalue weighted by Crippen LogP contribution is -2.26. The van der Waals surface area contributed by atoms with Gasteiger partial charge in [-0.1, -0.05) is 29.8 Å². The van der Waals surface area contributed by atoms with Crippen LogP contribution in [0.5, 0.6) is 0 Å². The summed E-state index contributed by atoms with van der Waals surface area (Å²) in [5.41, 5.74) is 2.05. The third-order valence-electron chi connectivity index (χ3n) is 4.33. The van der Waals surface area contributed by atoms with Crippen LogP contribution in [0.4, 0.5) is 5.69 Å². The summed E-state index contributed by atoms with van der Waals surface area (Å²) < 4.78 is 5.80. The Morgan fingerprint density at radius 3 is 2.68 bits per heavy atom. The van der Waals surface area contributed by atoms with Crippen LogP contribution in [0.3, 0.4) is 0 Å². The van der Waals surface area contributed by atoms with Crippen molar-refractivity contribution in [2.75, 3.05) is 18.4 Å². The summed E-state index contributed by atoms with van der Waals surface area (Å²) in [7, 11) is 0. The van der Waals surface area contributed by atoms with Gasteiger partial charge in [0.05, 0.1) is 6.54 Å². The third kappa shape index (κ3) is 4.00. The maximum atomic E-state index is 5.91. The van der Waals surface area contributed by atoms with Gasteiger partial charge in [0, 0.05) is 35.4 Å². The maximum Gasteiger partial charge on any atom is 0.247 e. The number of nitrogens with one attached hydrogen (secondary N) is 1. The molecule has 1 aliphatic heterocycles. The summed E-state index contributed by atoms with van der Waals surface area (Å²) in [6.45, 7) is 2.66. The zero-order valence-corrected chi connectivity index (χ0v) is 14.5. The Labute approximate surface area is 151 Å². The van der Waals surface area contributed by atoms with Gasteiger partial charge < -0.3 is 9.73 Å². The first-order valence-electron chi connectivity index (χ1n) is 8.38. The van der Waals surface area contributed by atoms with Crippen molar-refractivity contribution >= 4 is 17.3 Å². The fourth-order valence-corrected chi connectivity index (χ4v) is 3.21. The van der Waals surface area contributed by atoms with Gasteiger partial charge in [-0.25, -0.2) is 0 Å². The lowest BCUT2D eigenvalue weighted by molar-refractivity contribution is 0.290. The summed E-state index contributed by atoms with van der Waals surface area (Å²) in [4.78, 5) is 2.33. The zero-order valence-electron chi connectivity index (χ0n) is 13.7. The molecule has 1 aliphatic rings. The number of nitrogens with zero attached hydrogens (tertiary/aromatic N) is 3. The Kier molecular flexibility index (Phi) is 4.68. The molecule has 1 aromatic heterocycles. The highest BCUT2D eigenvalue weighted by molar-refractivity contribution is 6.30. The minimum Gasteiger partial charge on any atom is -0.419 e. The molecule has 3 aromatic rings. The van der Waals surface area contributed by atoms with Crippen molar-refractivity contribution in [1.29, 1.82) is 0 Å². The summed E-state index contributed by atoms with van der Waals surface area (Å²) in [6.07, 6.45) is 1.10. The maximum absolute atomic E-state index is 5.91. The highest BCUT2D eigenvalue weighted by Gasteiger charge is 2.24. The fourth-order valence-electron chi connectivity index (χ4n) is 3.08. The average molecular weight is 355 g/mol. The molecule has 25 heavy (non-hydrogen) atoms. The number of likely N-dealkylation sites (tertiary alicyclic amines) is 1. The second kappa shape index (κ2) is 7.25. The Balaban J connectivity index is 1.35. The number of anilines is 1. The van der Waals surface area contributed by atoms with Crippen LogP contribution in [0.1, 0.15) is 12.3 Å². The van der Waals surface area contributed by atoms with E-state index in [0.29, 0.717) is 29.4 Å². The van der Waals surface area contributed by atoms with E-state index >= 15 is 0 Å². The first-order valence-corrected chi connectivity index (χ1v) is 8.76. The molecule has 0 amide bonds. The van der Waals surface area contributed by atoms with E-state index in [1.807, 2.05) is 42.5 Å². The molecular formula is C19H19ClN4O. The molecule has 1 atom stereocenters. The topological polar surface area (TPSA) is 54.2 Å². The number of rotatable bonds is 5. The van der Waals surface area contributed by atoms with Crippen molar-refractivity contribution in [1.82, 2.24) is 15.1 Å². The second-order valence-corrected chi connectivity index (χ2v) is 6.68. The largest absolute Gasteiger partial charge is 0.419 e. The van der Waals surface area contributed by atoms with Gasteiger partial charge in [0.15, 0.2) is 0 Å². The van der Waals surface area contributed by atoms with Crippen LogP contribution in [0, 0.1) is 0 Å². The molecule has 0 aliphatic carbocycles. The van der Waals surface area contributed by atoms with Crippen molar-refractivity contribution in [2.24, 2.45) is 0 Å². The van der Waals surface area contributed by atoms with Crippen LogP contribution in [0.25, 0.3) is 11.5 Å². The van der Waals surface area contributed by atoms with Gasteiger partial charge in [-0.15, -0.1) is 10.2 Å². The minimum absolute atomic E-state index is 0.445. The molecule has 5 nitrogen and oxygen atoms in total. The number of halogens is 1. The van der Waals surface area contributed by atoms with Crippen LogP contribution in [-0.2, 0) is 6.54 Å². The molecule has 2 heterocycles. The first-order chi connectivity index (χ1) is 12.3. The third-order valence-corrected chi connectivity index (χ3v) is 4.59. The van der Waals surface area contributed by atoms with Crippen LogP contribution in [0.2, 0.25) is 5.02 Å². The molecule has 0 bridgehead atoms. The van der Waals surface area contributed by atoms with Gasteiger partial charge >= 0.3 is 0 Å². The molecule has 1 unspecified atom stereocenters. The Bertz CT molecular complexity index is 819. The summed E-state index contributed by atoms with van der Waals surface area (Å²) in [5, 5.41) is 12.6. The molecule has 0 spiro atoms. The SMILES string of the molecule is Clc1ccc(-c2nnc(CN3CCC(Nc4ccccc4)C3)o2)cc1. The predicted octanol–water partition coefficient (Wildman–Crippen LogP) is 4.08. The van der Waals surface area contributed by atoms with E-state index in [2.05, 4.69) is 32.5 Å². The van der Waals surface area contributed by atoms with E-state index in [1.54, 1.807) is 0 Å². The molecule has 128 valence electrons. The Morgan fingerprint density at radius 1 is 1.08 bits per heavy atom. The summed E-state index contributed by atoms with van der Waals surface area (Å²) in [5.74, 6) is 1.18. The normalized spacial score (nSPS) is 17.7. The van der Waals surface area contributed by atoms with Crippen molar-refractivity contribution in [3.63, 3.8) is 0 Å². The average Bonchev–Trinajstić information content (AvgIpc) is 3.27. The van der Waals surface area contributed by atoms with Gasteiger partial charge in [-0.2, -0.15) is 0 Å². The highest BCUT2D eigenvalue weighted by atomic mass is 35.5. The van der Waals surface area contributed by atoms with Gasteiger partial charge in [-0.05, 0) is 42.8 Å². The van der Waals surface area contributed by atoms with Crippen LogP contribution >= 0.6 is 11.6 Å². The quantitative estimate of drug-likeness (QED) is 0.748. The van der Waals surface area contributed by atoms with E-state index in [1.165, 1.54) is 0 Å². The lowest BCUT2D eigenvalue weighted by Gasteiger charge is -2.15. The first kappa shape index (κ1) is 16.1. The van der Waals surface area contributed by atoms with Crippen LogP contribution < -0.4 is 5.32 Å². The summed E-state index contributed by atoms with van der Waals surface area (Å²) in [6, 6.07) is 18.2. The number of hydrogen-bond acceptors (Lipinski definition) is 5. The monoisotopic (exact) mass is 354 g/mol. The molecule has 4 rings (SSSR count). The zero-order chi connectivity index (χ0) is 17.1. The molecule has 2 aromatic carbocycles. The number of aromatic nitrogens is 2. The van der Waals surface area contributed by atoms with E-state index in [9.17, 15) is 0 Å². The van der Waals surface area contributed by atoms with E-state index < -0.39 is 0 Å². The van der Waals surface area contributed by atoms with E-state index in [-0.39, 0.29) is 0 Å². The molecular weight excluding hydrogens is 336 g/mol. The van der Waals surface area contributed by atoms with Crippen LogP contribution in [0.15, 0.2) is 59.0 Å². The molecule has 0 saturated carbocycles. The molecule has 6 heteroatoms. The van der Waals surface area contributed by atoms with Crippen molar-refractivity contribution in [3.8, 4) is 11.5 Å². The van der Waals surface area contributed by atoms with Crippen molar-refractivity contribution in [2.45, 2.75) is 19.0 Å².